The molecule has 1 amide bonds. The van der Waals surface area contributed by atoms with Crippen LogP contribution in [-0.2, 0) is 4.79 Å². The third-order valence-electron chi connectivity index (χ3n) is 3.33. The largest absolute Gasteiger partial charge is 0.497 e. The number of methoxy groups -OCH3 is 2. The van der Waals surface area contributed by atoms with E-state index in [0.29, 0.717) is 23.8 Å². The topological polar surface area (TPSA) is 56.8 Å². The van der Waals surface area contributed by atoms with Crippen LogP contribution in [0.1, 0.15) is 5.56 Å². The molecule has 0 aliphatic heterocycles. The summed E-state index contributed by atoms with van der Waals surface area (Å²) >= 11 is 0. The number of rotatable bonds is 8. The summed E-state index contributed by atoms with van der Waals surface area (Å²) in [7, 11) is 3.13. The smallest absolute Gasteiger partial charge is 0.244 e. The summed E-state index contributed by atoms with van der Waals surface area (Å²) in [5, 5.41) is 2.70. The molecule has 6 heteroatoms. The van der Waals surface area contributed by atoms with Gasteiger partial charge in [-0.3, -0.25) is 4.79 Å². The number of ether oxygens (including phenoxy) is 3. The van der Waals surface area contributed by atoms with Gasteiger partial charge in [0, 0.05) is 11.6 Å². The van der Waals surface area contributed by atoms with Crippen molar-refractivity contribution in [2.45, 2.75) is 0 Å². The van der Waals surface area contributed by atoms with Gasteiger partial charge in [-0.2, -0.15) is 0 Å². The Morgan fingerprint density at radius 3 is 2.48 bits per heavy atom. The zero-order valence-electron chi connectivity index (χ0n) is 14.1. The molecule has 1 N–H and O–H groups in total. The van der Waals surface area contributed by atoms with Gasteiger partial charge in [-0.05, 0) is 48.5 Å². The zero-order valence-corrected chi connectivity index (χ0v) is 14.1. The molecule has 0 saturated carbocycles. The van der Waals surface area contributed by atoms with Crippen molar-refractivity contribution in [2.75, 3.05) is 27.4 Å². The van der Waals surface area contributed by atoms with E-state index in [-0.39, 0.29) is 18.3 Å². The van der Waals surface area contributed by atoms with Gasteiger partial charge in [0.15, 0.2) is 0 Å². The molecule has 5 nitrogen and oxygen atoms in total. The average Bonchev–Trinajstić information content (AvgIpc) is 2.64. The van der Waals surface area contributed by atoms with E-state index in [1.165, 1.54) is 30.3 Å². The molecule has 0 saturated heterocycles. The first-order valence-corrected chi connectivity index (χ1v) is 7.68. The van der Waals surface area contributed by atoms with Gasteiger partial charge in [0.05, 0.1) is 20.8 Å². The number of hydrogen-bond donors (Lipinski definition) is 1. The second kappa shape index (κ2) is 9.32. The molecule has 0 fully saturated rings. The van der Waals surface area contributed by atoms with E-state index < -0.39 is 0 Å². The molecule has 0 atom stereocenters. The quantitative estimate of drug-likeness (QED) is 0.590. The number of halogens is 1. The van der Waals surface area contributed by atoms with Crippen molar-refractivity contribution in [1.29, 1.82) is 0 Å². The highest BCUT2D eigenvalue weighted by atomic mass is 19.1. The molecule has 0 spiro atoms. The highest BCUT2D eigenvalue weighted by molar-refractivity contribution is 5.92. The second-order valence-corrected chi connectivity index (χ2v) is 5.03. The van der Waals surface area contributed by atoms with E-state index in [2.05, 4.69) is 5.32 Å². The monoisotopic (exact) mass is 345 g/mol. The van der Waals surface area contributed by atoms with Gasteiger partial charge in [-0.15, -0.1) is 0 Å². The maximum Gasteiger partial charge on any atom is 0.244 e. The predicted octanol–water partition coefficient (Wildman–Crippen LogP) is 3.05. The summed E-state index contributed by atoms with van der Waals surface area (Å²) in [6, 6.07) is 11.0. The molecule has 0 aliphatic rings. The normalized spacial score (nSPS) is 10.5. The van der Waals surface area contributed by atoms with Gasteiger partial charge in [0.1, 0.15) is 29.7 Å². The Labute approximate surface area is 146 Å². The minimum atomic E-state index is -0.321. The Hall–Kier alpha value is -3.02. The van der Waals surface area contributed by atoms with E-state index in [0.717, 1.165) is 5.56 Å². The predicted molar refractivity (Wildman–Crippen MR) is 93.5 cm³/mol. The third kappa shape index (κ3) is 5.84. The molecule has 2 aromatic rings. The summed E-state index contributed by atoms with van der Waals surface area (Å²) in [6.45, 7) is 0.615. The third-order valence-corrected chi connectivity index (χ3v) is 3.33. The minimum absolute atomic E-state index is 0.257. The first-order chi connectivity index (χ1) is 12.1. The van der Waals surface area contributed by atoms with Crippen molar-refractivity contribution >= 4 is 12.0 Å². The van der Waals surface area contributed by atoms with Gasteiger partial charge in [0.2, 0.25) is 5.91 Å². The Morgan fingerprint density at radius 1 is 1.08 bits per heavy atom. The second-order valence-electron chi connectivity index (χ2n) is 5.03. The van der Waals surface area contributed by atoms with Crippen LogP contribution >= 0.6 is 0 Å². The Kier molecular flexibility index (Phi) is 6.83. The fourth-order valence-electron chi connectivity index (χ4n) is 2.07. The van der Waals surface area contributed by atoms with Crippen LogP contribution in [0.2, 0.25) is 0 Å². The molecular formula is C19H20FNO4. The number of amides is 1. The lowest BCUT2D eigenvalue weighted by Crippen LogP contribution is -2.26. The van der Waals surface area contributed by atoms with Crippen molar-refractivity contribution < 1.29 is 23.4 Å². The van der Waals surface area contributed by atoms with Gasteiger partial charge in [0.25, 0.3) is 0 Å². The summed E-state index contributed by atoms with van der Waals surface area (Å²) in [5.74, 6) is 1.29. The van der Waals surface area contributed by atoms with Crippen LogP contribution in [0.25, 0.3) is 6.08 Å². The Balaban J connectivity index is 1.81. The molecule has 132 valence electrons. The van der Waals surface area contributed by atoms with Crippen molar-refractivity contribution in [2.24, 2.45) is 0 Å². The molecule has 2 rings (SSSR count). The lowest BCUT2D eigenvalue weighted by molar-refractivity contribution is -0.116. The summed E-state index contributed by atoms with van der Waals surface area (Å²) < 4.78 is 28.6. The molecule has 25 heavy (non-hydrogen) atoms. The van der Waals surface area contributed by atoms with Crippen LogP contribution < -0.4 is 19.5 Å². The number of nitrogens with one attached hydrogen (secondary N) is 1. The summed E-state index contributed by atoms with van der Waals surface area (Å²) in [6.07, 6.45) is 3.06. The molecule has 0 aromatic heterocycles. The van der Waals surface area contributed by atoms with Crippen LogP contribution in [0.3, 0.4) is 0 Å². The molecule has 2 aromatic carbocycles. The molecular weight excluding hydrogens is 325 g/mol. The van der Waals surface area contributed by atoms with E-state index in [1.807, 2.05) is 0 Å². The summed E-state index contributed by atoms with van der Waals surface area (Å²) in [5.41, 5.74) is 0.736. The number of carbonyl (C=O) groups is 1. The van der Waals surface area contributed by atoms with Crippen LogP contribution in [0.15, 0.2) is 48.5 Å². The van der Waals surface area contributed by atoms with E-state index in [4.69, 9.17) is 14.2 Å². The summed E-state index contributed by atoms with van der Waals surface area (Å²) in [4.78, 5) is 11.9. The molecule has 0 unspecified atom stereocenters. The molecule has 0 heterocycles. The first-order valence-electron chi connectivity index (χ1n) is 7.68. The number of carbonyl (C=O) groups excluding carboxylic acids is 1. The van der Waals surface area contributed by atoms with E-state index >= 15 is 0 Å². The van der Waals surface area contributed by atoms with E-state index in [9.17, 15) is 9.18 Å². The lowest BCUT2D eigenvalue weighted by Gasteiger charge is -2.08. The van der Waals surface area contributed by atoms with Crippen molar-refractivity contribution in [3.63, 3.8) is 0 Å². The Morgan fingerprint density at radius 2 is 1.80 bits per heavy atom. The van der Waals surface area contributed by atoms with Gasteiger partial charge < -0.3 is 19.5 Å². The maximum atomic E-state index is 12.8. The molecule has 0 bridgehead atoms. The number of hydrogen-bond acceptors (Lipinski definition) is 4. The van der Waals surface area contributed by atoms with Crippen LogP contribution in [0.4, 0.5) is 4.39 Å². The minimum Gasteiger partial charge on any atom is -0.497 e. The number of benzene rings is 2. The fraction of sp³-hybridized carbons (Fsp3) is 0.211. The standard InChI is InChI=1S/C19H20FNO4/c1-23-17-8-9-18(24-2)14(13-17)3-10-19(22)21-11-12-25-16-6-4-15(20)5-7-16/h3-10,13H,11-12H2,1-2H3,(H,21,22)/b10-3+. The van der Waals surface area contributed by atoms with Crippen LogP contribution in [0.5, 0.6) is 17.2 Å². The zero-order chi connectivity index (χ0) is 18.1. The van der Waals surface area contributed by atoms with Gasteiger partial charge in [-0.1, -0.05) is 0 Å². The van der Waals surface area contributed by atoms with Gasteiger partial charge >= 0.3 is 0 Å². The SMILES string of the molecule is COc1ccc(OC)c(/C=C/C(=O)NCCOc2ccc(F)cc2)c1. The maximum absolute atomic E-state index is 12.8. The Bertz CT molecular complexity index is 729. The highest BCUT2D eigenvalue weighted by Gasteiger charge is 2.03. The van der Waals surface area contributed by atoms with Crippen molar-refractivity contribution in [3.05, 3.63) is 59.9 Å². The van der Waals surface area contributed by atoms with E-state index in [1.54, 1.807) is 38.5 Å². The van der Waals surface area contributed by atoms with Gasteiger partial charge in [-0.25, -0.2) is 4.39 Å². The van der Waals surface area contributed by atoms with Crippen molar-refractivity contribution in [3.8, 4) is 17.2 Å². The average molecular weight is 345 g/mol. The highest BCUT2D eigenvalue weighted by Crippen LogP contribution is 2.24. The van der Waals surface area contributed by atoms with Crippen LogP contribution in [-0.4, -0.2) is 33.3 Å². The molecule has 0 aliphatic carbocycles. The van der Waals surface area contributed by atoms with Crippen LogP contribution in [0, 0.1) is 5.82 Å². The molecule has 0 radical (unpaired) electrons. The first kappa shape index (κ1) is 18.3. The van der Waals surface area contributed by atoms with Crippen molar-refractivity contribution in [1.82, 2.24) is 5.32 Å². The fourth-order valence-corrected chi connectivity index (χ4v) is 2.07. The lowest BCUT2D eigenvalue weighted by atomic mass is 10.1.